The molecule has 9 heteroatoms. The van der Waals surface area contributed by atoms with Gasteiger partial charge in [-0.3, -0.25) is 14.5 Å². The SMILES string of the molecule is CCOc1c(Cl)cc(/C=C2/C(=O)N(CCOC)C(=O)N(c3ccccc3)C2=O)cc1OC. The lowest BCUT2D eigenvalue weighted by Crippen LogP contribution is -2.57. The molecule has 0 aromatic heterocycles. The van der Waals surface area contributed by atoms with E-state index in [9.17, 15) is 14.4 Å². The number of hydrogen-bond acceptors (Lipinski definition) is 6. The van der Waals surface area contributed by atoms with Gasteiger partial charge < -0.3 is 14.2 Å². The Morgan fingerprint density at radius 3 is 2.38 bits per heavy atom. The van der Waals surface area contributed by atoms with Crippen molar-refractivity contribution < 1.29 is 28.6 Å². The molecule has 1 fully saturated rings. The first-order valence-electron chi connectivity index (χ1n) is 9.89. The monoisotopic (exact) mass is 458 g/mol. The van der Waals surface area contributed by atoms with E-state index >= 15 is 0 Å². The van der Waals surface area contributed by atoms with Crippen molar-refractivity contribution in [1.82, 2.24) is 4.90 Å². The van der Waals surface area contributed by atoms with E-state index < -0.39 is 17.8 Å². The molecule has 0 unspecified atom stereocenters. The molecule has 1 aliphatic heterocycles. The zero-order valence-corrected chi connectivity index (χ0v) is 18.7. The zero-order chi connectivity index (χ0) is 23.3. The van der Waals surface area contributed by atoms with Crippen LogP contribution in [0.1, 0.15) is 12.5 Å². The van der Waals surface area contributed by atoms with Gasteiger partial charge in [0.2, 0.25) is 0 Å². The molecule has 0 N–H and O–H groups in total. The molecule has 0 spiro atoms. The van der Waals surface area contributed by atoms with Crippen LogP contribution in [0.4, 0.5) is 10.5 Å². The van der Waals surface area contributed by atoms with Crippen molar-refractivity contribution in [3.63, 3.8) is 0 Å². The van der Waals surface area contributed by atoms with Crippen LogP contribution in [0, 0.1) is 0 Å². The van der Waals surface area contributed by atoms with Gasteiger partial charge in [0.05, 0.1) is 37.6 Å². The second-order valence-electron chi connectivity index (χ2n) is 6.73. The Hall–Kier alpha value is -3.36. The summed E-state index contributed by atoms with van der Waals surface area (Å²) in [4.78, 5) is 41.3. The van der Waals surface area contributed by atoms with Gasteiger partial charge >= 0.3 is 6.03 Å². The van der Waals surface area contributed by atoms with Crippen molar-refractivity contribution in [1.29, 1.82) is 0 Å². The third-order valence-corrected chi connectivity index (χ3v) is 5.00. The smallest absolute Gasteiger partial charge is 0.338 e. The highest BCUT2D eigenvalue weighted by molar-refractivity contribution is 6.39. The van der Waals surface area contributed by atoms with Crippen molar-refractivity contribution in [3.8, 4) is 11.5 Å². The molecule has 2 aromatic rings. The first kappa shape index (κ1) is 23.3. The Kier molecular flexibility index (Phi) is 7.50. The van der Waals surface area contributed by atoms with Gasteiger partial charge in [-0.15, -0.1) is 0 Å². The van der Waals surface area contributed by atoms with Crippen LogP contribution >= 0.6 is 11.6 Å². The maximum Gasteiger partial charge on any atom is 0.338 e. The molecule has 4 amide bonds. The van der Waals surface area contributed by atoms with Crippen molar-refractivity contribution in [3.05, 3.63) is 58.6 Å². The lowest BCUT2D eigenvalue weighted by atomic mass is 10.0. The van der Waals surface area contributed by atoms with Crippen LogP contribution in [-0.4, -0.2) is 56.7 Å². The highest BCUT2D eigenvalue weighted by Crippen LogP contribution is 2.37. The molecular formula is C23H23ClN2O6. The van der Waals surface area contributed by atoms with E-state index in [0.29, 0.717) is 29.4 Å². The number of amides is 4. The molecular weight excluding hydrogens is 436 g/mol. The van der Waals surface area contributed by atoms with Gasteiger partial charge in [-0.2, -0.15) is 0 Å². The summed E-state index contributed by atoms with van der Waals surface area (Å²) in [5.74, 6) is -0.728. The van der Waals surface area contributed by atoms with E-state index in [1.165, 1.54) is 20.3 Å². The van der Waals surface area contributed by atoms with E-state index in [4.69, 9.17) is 25.8 Å². The van der Waals surface area contributed by atoms with E-state index in [1.807, 2.05) is 6.92 Å². The quantitative estimate of drug-likeness (QED) is 0.442. The van der Waals surface area contributed by atoms with Crippen LogP contribution in [-0.2, 0) is 14.3 Å². The Labute approximate surface area is 190 Å². The molecule has 8 nitrogen and oxygen atoms in total. The fourth-order valence-corrected chi connectivity index (χ4v) is 3.51. The normalized spacial score (nSPS) is 15.5. The first-order chi connectivity index (χ1) is 15.4. The number of halogens is 1. The van der Waals surface area contributed by atoms with Crippen molar-refractivity contribution >= 4 is 41.2 Å². The highest BCUT2D eigenvalue weighted by Gasteiger charge is 2.42. The van der Waals surface area contributed by atoms with Gasteiger partial charge in [-0.25, -0.2) is 9.69 Å². The molecule has 2 aromatic carbocycles. The van der Waals surface area contributed by atoms with Gasteiger partial charge in [0.15, 0.2) is 11.5 Å². The van der Waals surface area contributed by atoms with Gasteiger partial charge in [0, 0.05) is 7.11 Å². The molecule has 32 heavy (non-hydrogen) atoms. The van der Waals surface area contributed by atoms with E-state index in [2.05, 4.69) is 0 Å². The average molecular weight is 459 g/mol. The molecule has 1 aliphatic rings. The van der Waals surface area contributed by atoms with E-state index in [0.717, 1.165) is 9.80 Å². The largest absolute Gasteiger partial charge is 0.493 e. The molecule has 3 rings (SSSR count). The number of imide groups is 2. The average Bonchev–Trinajstić information content (AvgIpc) is 2.79. The minimum Gasteiger partial charge on any atom is -0.493 e. The number of methoxy groups -OCH3 is 2. The Morgan fingerprint density at radius 2 is 1.75 bits per heavy atom. The van der Waals surface area contributed by atoms with Crippen LogP contribution in [0.25, 0.3) is 6.08 Å². The molecule has 0 aliphatic carbocycles. The summed E-state index contributed by atoms with van der Waals surface area (Å²) >= 11 is 6.33. The minimum absolute atomic E-state index is 0.00449. The summed E-state index contributed by atoms with van der Waals surface area (Å²) < 4.78 is 15.9. The standard InChI is InChI=1S/C23H23ClN2O6/c1-4-32-20-18(24)13-15(14-19(20)31-3)12-17-21(27)25(10-11-30-2)23(29)26(22(17)28)16-8-6-5-7-9-16/h5-9,12-14H,4,10-11H2,1-3H3/b17-12-. The number of benzene rings is 2. The molecule has 0 atom stereocenters. The molecule has 1 saturated heterocycles. The predicted molar refractivity (Wildman–Crippen MR) is 120 cm³/mol. The molecule has 0 radical (unpaired) electrons. The Bertz CT molecular complexity index is 1050. The zero-order valence-electron chi connectivity index (χ0n) is 18.0. The van der Waals surface area contributed by atoms with Crippen LogP contribution in [0.5, 0.6) is 11.5 Å². The number of ether oxygens (including phenoxy) is 3. The minimum atomic E-state index is -0.734. The summed E-state index contributed by atoms with van der Waals surface area (Å²) in [7, 11) is 2.92. The predicted octanol–water partition coefficient (Wildman–Crippen LogP) is 3.77. The number of carbonyl (C=O) groups is 3. The molecule has 1 heterocycles. The first-order valence-corrected chi connectivity index (χ1v) is 10.3. The van der Waals surface area contributed by atoms with E-state index in [1.54, 1.807) is 42.5 Å². The summed E-state index contributed by atoms with van der Waals surface area (Å²) in [5, 5.41) is 0.265. The molecule has 0 saturated carbocycles. The fraction of sp³-hybridized carbons (Fsp3) is 0.261. The summed E-state index contributed by atoms with van der Waals surface area (Å²) in [6.45, 7) is 2.32. The highest BCUT2D eigenvalue weighted by atomic mass is 35.5. The van der Waals surface area contributed by atoms with Crippen LogP contribution in [0.3, 0.4) is 0 Å². The second-order valence-corrected chi connectivity index (χ2v) is 7.14. The Morgan fingerprint density at radius 1 is 1.03 bits per heavy atom. The second kappa shape index (κ2) is 10.3. The number of rotatable bonds is 8. The van der Waals surface area contributed by atoms with Gasteiger partial charge in [-0.05, 0) is 42.8 Å². The van der Waals surface area contributed by atoms with Gasteiger partial charge in [0.25, 0.3) is 11.8 Å². The third kappa shape index (κ3) is 4.61. The number of barbiturate groups is 1. The van der Waals surface area contributed by atoms with E-state index in [-0.39, 0.29) is 23.7 Å². The summed E-state index contributed by atoms with van der Waals surface area (Å²) in [6.07, 6.45) is 1.39. The number of para-hydroxylation sites is 1. The summed E-state index contributed by atoms with van der Waals surface area (Å²) in [6, 6.07) is 10.8. The van der Waals surface area contributed by atoms with Gasteiger partial charge in [0.1, 0.15) is 5.57 Å². The lowest BCUT2D eigenvalue weighted by molar-refractivity contribution is -0.129. The maximum atomic E-state index is 13.2. The summed E-state index contributed by atoms with van der Waals surface area (Å²) in [5.41, 5.74) is 0.610. The topological polar surface area (TPSA) is 85.4 Å². The molecule has 0 bridgehead atoms. The number of urea groups is 1. The van der Waals surface area contributed by atoms with Crippen LogP contribution < -0.4 is 14.4 Å². The van der Waals surface area contributed by atoms with Crippen molar-refractivity contribution in [2.24, 2.45) is 0 Å². The van der Waals surface area contributed by atoms with Crippen molar-refractivity contribution in [2.75, 3.05) is 38.9 Å². The maximum absolute atomic E-state index is 13.2. The van der Waals surface area contributed by atoms with Crippen molar-refractivity contribution in [2.45, 2.75) is 6.92 Å². The van der Waals surface area contributed by atoms with Crippen LogP contribution in [0.2, 0.25) is 5.02 Å². The third-order valence-electron chi connectivity index (χ3n) is 4.72. The number of nitrogens with zero attached hydrogens (tertiary/aromatic N) is 2. The molecule has 168 valence electrons. The van der Waals surface area contributed by atoms with Gasteiger partial charge in [-0.1, -0.05) is 29.8 Å². The number of anilines is 1. The fourth-order valence-electron chi connectivity index (χ4n) is 3.23. The lowest BCUT2D eigenvalue weighted by Gasteiger charge is -2.33. The van der Waals surface area contributed by atoms with Crippen LogP contribution in [0.15, 0.2) is 48.0 Å². The Balaban J connectivity index is 2.10. The number of hydrogen-bond donors (Lipinski definition) is 0. The number of carbonyl (C=O) groups excluding carboxylic acids is 3.